The number of ether oxygens (including phenoxy) is 1. The van der Waals surface area contributed by atoms with Crippen molar-refractivity contribution in [2.24, 2.45) is 5.16 Å². The van der Waals surface area contributed by atoms with Crippen LogP contribution in [0.25, 0.3) is 0 Å². The second kappa shape index (κ2) is 6.75. The third kappa shape index (κ3) is 3.51. The van der Waals surface area contributed by atoms with E-state index in [1.165, 1.54) is 0 Å². The molecule has 0 aromatic heterocycles. The molecular weight excluding hydrogens is 254 g/mol. The minimum Gasteiger partial charge on any atom is -0.487 e. The molecule has 0 radical (unpaired) electrons. The molecule has 2 atom stereocenters. The van der Waals surface area contributed by atoms with Gasteiger partial charge in [0.25, 0.3) is 0 Å². The lowest BCUT2D eigenvalue weighted by Crippen LogP contribution is -2.31. The van der Waals surface area contributed by atoms with Gasteiger partial charge in [-0.3, -0.25) is 0 Å². The first kappa shape index (κ1) is 14.9. The zero-order chi connectivity index (χ0) is 14.5. The summed E-state index contributed by atoms with van der Waals surface area (Å²) in [6.07, 6.45) is 4.34. The molecule has 0 heterocycles. The Morgan fingerprint density at radius 3 is 2.75 bits per heavy atom. The minimum atomic E-state index is -0.418. The summed E-state index contributed by atoms with van der Waals surface area (Å²) in [5, 5.41) is 22.4. The van der Waals surface area contributed by atoms with Crippen molar-refractivity contribution in [2.75, 3.05) is 0 Å². The van der Waals surface area contributed by atoms with Gasteiger partial charge in [0.05, 0.1) is 11.8 Å². The molecule has 2 rings (SSSR count). The van der Waals surface area contributed by atoms with E-state index in [0.717, 1.165) is 43.2 Å². The van der Waals surface area contributed by atoms with Crippen molar-refractivity contribution in [3.05, 3.63) is 29.3 Å². The van der Waals surface area contributed by atoms with Crippen LogP contribution in [0.3, 0.4) is 0 Å². The van der Waals surface area contributed by atoms with Crippen molar-refractivity contribution in [1.82, 2.24) is 0 Å². The summed E-state index contributed by atoms with van der Waals surface area (Å²) < 4.78 is 6.01. The number of benzene rings is 1. The van der Waals surface area contributed by atoms with Crippen LogP contribution in [0.4, 0.5) is 0 Å². The molecule has 4 nitrogen and oxygen atoms in total. The van der Waals surface area contributed by atoms with Gasteiger partial charge in [0.2, 0.25) is 0 Å². The van der Waals surface area contributed by atoms with E-state index in [0.29, 0.717) is 11.5 Å². The highest BCUT2D eigenvalue weighted by Crippen LogP contribution is 2.27. The van der Waals surface area contributed by atoms with Crippen LogP contribution in [0.5, 0.6) is 5.75 Å². The Morgan fingerprint density at radius 2 is 2.00 bits per heavy atom. The van der Waals surface area contributed by atoms with E-state index in [4.69, 9.17) is 9.94 Å². The zero-order valence-corrected chi connectivity index (χ0v) is 12.2. The molecule has 1 aliphatic rings. The van der Waals surface area contributed by atoms with E-state index in [2.05, 4.69) is 5.16 Å². The van der Waals surface area contributed by atoms with E-state index < -0.39 is 6.10 Å². The van der Waals surface area contributed by atoms with E-state index in [-0.39, 0.29) is 6.10 Å². The maximum Gasteiger partial charge on any atom is 0.129 e. The third-order valence-electron chi connectivity index (χ3n) is 3.87. The third-order valence-corrected chi connectivity index (χ3v) is 3.87. The number of aliphatic hydroxyl groups excluding tert-OH is 1. The maximum absolute atomic E-state index is 10.1. The Kier molecular flexibility index (Phi) is 5.01. The van der Waals surface area contributed by atoms with Crippen LogP contribution in [0.1, 0.15) is 50.2 Å². The monoisotopic (exact) mass is 277 g/mol. The van der Waals surface area contributed by atoms with Crippen molar-refractivity contribution in [1.29, 1.82) is 0 Å². The number of hydrogen-bond acceptors (Lipinski definition) is 4. The second-order valence-corrected chi connectivity index (χ2v) is 5.55. The van der Waals surface area contributed by atoms with E-state index in [9.17, 15) is 5.11 Å². The lowest BCUT2D eigenvalue weighted by atomic mass is 10.1. The van der Waals surface area contributed by atoms with Crippen molar-refractivity contribution in [3.8, 4) is 5.75 Å². The maximum atomic E-state index is 10.1. The van der Waals surface area contributed by atoms with Gasteiger partial charge in [-0.1, -0.05) is 29.6 Å². The molecule has 1 saturated carbocycles. The summed E-state index contributed by atoms with van der Waals surface area (Å²) in [6.45, 7) is 3.73. The van der Waals surface area contributed by atoms with Crippen LogP contribution in [0.15, 0.2) is 23.4 Å². The quantitative estimate of drug-likeness (QED) is 0.386. The van der Waals surface area contributed by atoms with Crippen molar-refractivity contribution in [3.63, 3.8) is 0 Å². The first-order valence-corrected chi connectivity index (χ1v) is 7.26. The highest BCUT2D eigenvalue weighted by molar-refractivity contribution is 6.00. The van der Waals surface area contributed by atoms with E-state index >= 15 is 0 Å². The minimum absolute atomic E-state index is 0.176. The molecule has 0 bridgehead atoms. The van der Waals surface area contributed by atoms with Gasteiger partial charge in [0.15, 0.2) is 0 Å². The fraction of sp³-hybridized carbons (Fsp3) is 0.562. The predicted octanol–water partition coefficient (Wildman–Crippen LogP) is 3.27. The van der Waals surface area contributed by atoms with Gasteiger partial charge < -0.3 is 15.1 Å². The second-order valence-electron chi connectivity index (χ2n) is 5.55. The van der Waals surface area contributed by atoms with E-state index in [1.54, 1.807) is 6.92 Å². The SMILES string of the molecule is CC(=NO)c1cc(C)ccc1OC1CCCCCC1O. The first-order valence-electron chi connectivity index (χ1n) is 7.26. The highest BCUT2D eigenvalue weighted by atomic mass is 16.5. The van der Waals surface area contributed by atoms with Gasteiger partial charge in [0.1, 0.15) is 11.9 Å². The van der Waals surface area contributed by atoms with Gasteiger partial charge in [-0.2, -0.15) is 0 Å². The molecule has 0 saturated heterocycles. The molecule has 1 aliphatic carbocycles. The topological polar surface area (TPSA) is 62.1 Å². The van der Waals surface area contributed by atoms with Crippen LogP contribution < -0.4 is 4.74 Å². The molecule has 2 N–H and O–H groups in total. The van der Waals surface area contributed by atoms with Crippen molar-refractivity contribution >= 4 is 5.71 Å². The molecule has 20 heavy (non-hydrogen) atoms. The number of aliphatic hydroxyl groups is 1. The normalized spacial score (nSPS) is 24.2. The lowest BCUT2D eigenvalue weighted by molar-refractivity contribution is 0.0318. The van der Waals surface area contributed by atoms with E-state index in [1.807, 2.05) is 25.1 Å². The molecule has 110 valence electrons. The fourth-order valence-corrected chi connectivity index (χ4v) is 2.64. The van der Waals surface area contributed by atoms with Gasteiger partial charge in [-0.25, -0.2) is 0 Å². The molecule has 1 aromatic carbocycles. The molecule has 4 heteroatoms. The molecule has 0 spiro atoms. The molecule has 0 aliphatic heterocycles. The lowest BCUT2D eigenvalue weighted by Gasteiger charge is -2.23. The van der Waals surface area contributed by atoms with Gasteiger partial charge in [-0.05, 0) is 45.2 Å². The van der Waals surface area contributed by atoms with Crippen LogP contribution >= 0.6 is 0 Å². The van der Waals surface area contributed by atoms with Crippen molar-refractivity contribution < 1.29 is 15.1 Å². The smallest absolute Gasteiger partial charge is 0.129 e. The van der Waals surface area contributed by atoms with Gasteiger partial charge in [-0.15, -0.1) is 0 Å². The first-order chi connectivity index (χ1) is 9.61. The summed E-state index contributed by atoms with van der Waals surface area (Å²) in [5.74, 6) is 0.678. The molecule has 2 unspecified atom stereocenters. The number of hydrogen-bond donors (Lipinski definition) is 2. The van der Waals surface area contributed by atoms with Crippen LogP contribution in [0.2, 0.25) is 0 Å². The molecule has 0 amide bonds. The molecule has 1 fully saturated rings. The summed E-state index contributed by atoms with van der Waals surface area (Å²) in [5.41, 5.74) is 2.38. The van der Waals surface area contributed by atoms with Crippen LogP contribution in [0, 0.1) is 6.92 Å². The Labute approximate surface area is 120 Å². The summed E-state index contributed by atoms with van der Waals surface area (Å²) in [4.78, 5) is 0. The largest absolute Gasteiger partial charge is 0.487 e. The molecular formula is C16H23NO3. The Hall–Kier alpha value is -1.55. The number of nitrogens with zero attached hydrogens (tertiary/aromatic N) is 1. The van der Waals surface area contributed by atoms with Crippen LogP contribution in [-0.2, 0) is 0 Å². The number of oxime groups is 1. The Bertz CT molecular complexity index is 485. The van der Waals surface area contributed by atoms with Gasteiger partial charge >= 0.3 is 0 Å². The Morgan fingerprint density at radius 1 is 1.25 bits per heavy atom. The fourth-order valence-electron chi connectivity index (χ4n) is 2.64. The highest BCUT2D eigenvalue weighted by Gasteiger charge is 2.24. The summed E-state index contributed by atoms with van der Waals surface area (Å²) in [6, 6.07) is 5.79. The number of rotatable bonds is 3. The predicted molar refractivity (Wildman–Crippen MR) is 78.7 cm³/mol. The standard InChI is InChI=1S/C16H23NO3/c1-11-8-9-15(13(10-11)12(2)17-19)20-16-7-5-3-4-6-14(16)18/h8-10,14,16,18-19H,3-7H2,1-2H3. The van der Waals surface area contributed by atoms with Crippen molar-refractivity contribution in [2.45, 2.75) is 58.2 Å². The number of aryl methyl sites for hydroxylation is 1. The summed E-state index contributed by atoms with van der Waals surface area (Å²) >= 11 is 0. The average Bonchev–Trinajstić information content (AvgIpc) is 2.65. The van der Waals surface area contributed by atoms with Crippen LogP contribution in [-0.4, -0.2) is 28.2 Å². The average molecular weight is 277 g/mol. The zero-order valence-electron chi connectivity index (χ0n) is 12.2. The summed E-state index contributed by atoms with van der Waals surface area (Å²) in [7, 11) is 0. The molecule has 1 aromatic rings. The Balaban J connectivity index is 2.23. The van der Waals surface area contributed by atoms with Gasteiger partial charge in [0, 0.05) is 5.56 Å².